The van der Waals surface area contributed by atoms with E-state index in [-0.39, 0.29) is 18.4 Å². The molecule has 2 heterocycles. The molecule has 178 valence electrons. The Morgan fingerprint density at radius 3 is 2.64 bits per heavy atom. The molecule has 1 N–H and O–H groups in total. The van der Waals surface area contributed by atoms with E-state index in [0.717, 1.165) is 17.4 Å². The molecule has 0 radical (unpaired) electrons. The SMILES string of the molecule is COCCCNC(=O)C1Cc2cc(C(F)(F)F)ccc2N2CCN(c3ccc(Cl)cc3)CC12. The first-order valence-corrected chi connectivity index (χ1v) is 11.4. The fourth-order valence-electron chi connectivity index (χ4n) is 4.74. The smallest absolute Gasteiger partial charge is 0.385 e. The quantitative estimate of drug-likeness (QED) is 0.622. The van der Waals surface area contributed by atoms with Crippen molar-refractivity contribution in [1.82, 2.24) is 5.32 Å². The van der Waals surface area contributed by atoms with Gasteiger partial charge in [0.2, 0.25) is 5.91 Å². The molecule has 33 heavy (non-hydrogen) atoms. The van der Waals surface area contributed by atoms with Crippen molar-refractivity contribution in [2.24, 2.45) is 5.92 Å². The summed E-state index contributed by atoms with van der Waals surface area (Å²) in [5.74, 6) is -0.597. The van der Waals surface area contributed by atoms with Crippen LogP contribution in [0.2, 0.25) is 5.02 Å². The van der Waals surface area contributed by atoms with Gasteiger partial charge in [-0.3, -0.25) is 4.79 Å². The Balaban J connectivity index is 1.61. The summed E-state index contributed by atoms with van der Waals surface area (Å²) in [4.78, 5) is 17.5. The molecule has 0 bridgehead atoms. The molecule has 4 rings (SSSR count). The lowest BCUT2D eigenvalue weighted by Gasteiger charge is -2.49. The number of nitrogens with one attached hydrogen (secondary N) is 1. The van der Waals surface area contributed by atoms with Gasteiger partial charge in [-0.15, -0.1) is 0 Å². The number of alkyl halides is 3. The van der Waals surface area contributed by atoms with Crippen LogP contribution in [0.1, 0.15) is 17.5 Å². The summed E-state index contributed by atoms with van der Waals surface area (Å²) in [5, 5.41) is 3.60. The van der Waals surface area contributed by atoms with Gasteiger partial charge in [-0.25, -0.2) is 0 Å². The van der Waals surface area contributed by atoms with E-state index in [1.165, 1.54) is 6.07 Å². The van der Waals surface area contributed by atoms with E-state index < -0.39 is 17.7 Å². The number of anilines is 2. The first-order chi connectivity index (χ1) is 15.8. The predicted octanol–water partition coefficient (Wildman–Crippen LogP) is 4.38. The first-order valence-electron chi connectivity index (χ1n) is 11.0. The van der Waals surface area contributed by atoms with Crippen LogP contribution in [-0.2, 0) is 22.1 Å². The number of methoxy groups -OCH3 is 1. The van der Waals surface area contributed by atoms with Crippen LogP contribution >= 0.6 is 11.6 Å². The number of piperazine rings is 1. The Morgan fingerprint density at radius 1 is 1.18 bits per heavy atom. The molecule has 9 heteroatoms. The maximum Gasteiger partial charge on any atom is 0.416 e. The van der Waals surface area contributed by atoms with Crippen molar-refractivity contribution < 1.29 is 22.7 Å². The van der Waals surface area contributed by atoms with Crippen LogP contribution in [-0.4, -0.2) is 51.8 Å². The Bertz CT molecular complexity index is 984. The fraction of sp³-hybridized carbons (Fsp3) is 0.458. The standard InChI is InChI=1S/C24H27ClF3N3O2/c1-33-12-2-9-29-23(32)20-14-16-13-17(24(26,27)28)3-8-21(16)31-11-10-30(15-22(20)31)19-6-4-18(25)5-7-19/h3-8,13,20,22H,2,9-12,14-15H2,1H3,(H,29,32). The van der Waals surface area contributed by atoms with Crippen LogP contribution in [0.25, 0.3) is 0 Å². The van der Waals surface area contributed by atoms with Gasteiger partial charge in [-0.2, -0.15) is 13.2 Å². The Hall–Kier alpha value is -2.45. The molecule has 5 nitrogen and oxygen atoms in total. The number of hydrogen-bond donors (Lipinski definition) is 1. The van der Waals surface area contributed by atoms with Crippen molar-refractivity contribution in [2.75, 3.05) is 49.7 Å². The van der Waals surface area contributed by atoms with Gasteiger partial charge in [0, 0.05) is 56.3 Å². The molecular formula is C24H27ClF3N3O2. The maximum atomic E-state index is 13.3. The molecule has 0 spiro atoms. The van der Waals surface area contributed by atoms with Gasteiger partial charge in [0.15, 0.2) is 0 Å². The van der Waals surface area contributed by atoms with E-state index >= 15 is 0 Å². The van der Waals surface area contributed by atoms with Gasteiger partial charge < -0.3 is 19.9 Å². The molecule has 2 aliphatic heterocycles. The number of ether oxygens (including phenoxy) is 1. The summed E-state index contributed by atoms with van der Waals surface area (Å²) in [6, 6.07) is 11.3. The summed E-state index contributed by atoms with van der Waals surface area (Å²) in [7, 11) is 1.60. The molecule has 1 saturated heterocycles. The number of benzene rings is 2. The zero-order valence-corrected chi connectivity index (χ0v) is 19.1. The lowest BCUT2D eigenvalue weighted by Crippen LogP contribution is -2.61. The number of fused-ring (bicyclic) bond motifs is 3. The monoisotopic (exact) mass is 481 g/mol. The molecule has 2 unspecified atom stereocenters. The summed E-state index contributed by atoms with van der Waals surface area (Å²) < 4.78 is 45.0. The maximum absolute atomic E-state index is 13.3. The first kappa shape index (κ1) is 23.7. The van der Waals surface area contributed by atoms with Crippen molar-refractivity contribution in [3.05, 3.63) is 58.6 Å². The largest absolute Gasteiger partial charge is 0.416 e. The third-order valence-electron chi connectivity index (χ3n) is 6.39. The second-order valence-electron chi connectivity index (χ2n) is 8.47. The molecule has 2 aromatic carbocycles. The van der Waals surface area contributed by atoms with E-state index in [2.05, 4.69) is 15.1 Å². The molecule has 0 aromatic heterocycles. The Morgan fingerprint density at radius 2 is 1.94 bits per heavy atom. The third kappa shape index (κ3) is 5.22. The topological polar surface area (TPSA) is 44.8 Å². The number of amides is 1. The van der Waals surface area contributed by atoms with Crippen molar-refractivity contribution in [1.29, 1.82) is 0 Å². The van der Waals surface area contributed by atoms with Crippen molar-refractivity contribution in [2.45, 2.75) is 25.1 Å². The molecular weight excluding hydrogens is 455 g/mol. The highest BCUT2D eigenvalue weighted by atomic mass is 35.5. The number of carbonyl (C=O) groups excluding carboxylic acids is 1. The third-order valence-corrected chi connectivity index (χ3v) is 6.64. The van der Waals surface area contributed by atoms with Gasteiger partial charge >= 0.3 is 6.18 Å². The zero-order valence-electron chi connectivity index (χ0n) is 18.4. The molecule has 1 amide bonds. The summed E-state index contributed by atoms with van der Waals surface area (Å²) >= 11 is 6.03. The van der Waals surface area contributed by atoms with Crippen LogP contribution in [0, 0.1) is 5.92 Å². The van der Waals surface area contributed by atoms with Crippen LogP contribution in [0.5, 0.6) is 0 Å². The molecule has 2 aliphatic rings. The number of rotatable bonds is 6. The predicted molar refractivity (Wildman–Crippen MR) is 123 cm³/mol. The number of carbonyl (C=O) groups is 1. The van der Waals surface area contributed by atoms with Crippen molar-refractivity contribution >= 4 is 28.9 Å². The van der Waals surface area contributed by atoms with Gasteiger partial charge in [0.05, 0.1) is 17.5 Å². The number of halogens is 4. The minimum absolute atomic E-state index is 0.137. The zero-order chi connectivity index (χ0) is 23.6. The molecule has 1 fully saturated rings. The lowest BCUT2D eigenvalue weighted by molar-refractivity contribution is -0.137. The van der Waals surface area contributed by atoms with Crippen LogP contribution in [0.3, 0.4) is 0 Å². The highest BCUT2D eigenvalue weighted by molar-refractivity contribution is 6.30. The second kappa shape index (κ2) is 9.81. The normalized spacial score (nSPS) is 20.3. The lowest BCUT2D eigenvalue weighted by atomic mass is 9.82. The summed E-state index contributed by atoms with van der Waals surface area (Å²) in [6.45, 7) is 2.90. The van der Waals surface area contributed by atoms with Gasteiger partial charge in [-0.1, -0.05) is 11.6 Å². The highest BCUT2D eigenvalue weighted by Gasteiger charge is 2.42. The van der Waals surface area contributed by atoms with Gasteiger partial charge in [0.25, 0.3) is 0 Å². The van der Waals surface area contributed by atoms with E-state index in [9.17, 15) is 18.0 Å². The minimum Gasteiger partial charge on any atom is -0.385 e. The van der Waals surface area contributed by atoms with Crippen molar-refractivity contribution in [3.8, 4) is 0 Å². The summed E-state index contributed by atoms with van der Waals surface area (Å²) in [6.07, 6.45) is -3.48. The van der Waals surface area contributed by atoms with E-state index in [1.807, 2.05) is 24.3 Å². The molecule has 0 saturated carbocycles. The van der Waals surface area contributed by atoms with E-state index in [4.69, 9.17) is 16.3 Å². The molecule has 2 aromatic rings. The fourth-order valence-corrected chi connectivity index (χ4v) is 4.87. The summed E-state index contributed by atoms with van der Waals surface area (Å²) in [5.41, 5.74) is 1.68. The highest BCUT2D eigenvalue weighted by Crippen LogP contribution is 2.40. The molecule has 0 aliphatic carbocycles. The Labute approximate surface area is 196 Å². The van der Waals surface area contributed by atoms with E-state index in [0.29, 0.717) is 49.8 Å². The van der Waals surface area contributed by atoms with Crippen LogP contribution in [0.15, 0.2) is 42.5 Å². The number of hydrogen-bond acceptors (Lipinski definition) is 4. The second-order valence-corrected chi connectivity index (χ2v) is 8.91. The average Bonchev–Trinajstić information content (AvgIpc) is 2.80. The minimum atomic E-state index is -4.42. The van der Waals surface area contributed by atoms with Crippen LogP contribution < -0.4 is 15.1 Å². The van der Waals surface area contributed by atoms with Crippen molar-refractivity contribution in [3.63, 3.8) is 0 Å². The molecule has 2 atom stereocenters. The van der Waals surface area contributed by atoms with Gasteiger partial charge in [-0.05, 0) is 60.9 Å². The van der Waals surface area contributed by atoms with E-state index in [1.54, 1.807) is 13.2 Å². The van der Waals surface area contributed by atoms with Gasteiger partial charge in [0.1, 0.15) is 0 Å². The Kier molecular flexibility index (Phi) is 7.05. The average molecular weight is 482 g/mol. The van der Waals surface area contributed by atoms with Crippen LogP contribution in [0.4, 0.5) is 24.5 Å². The number of nitrogens with zero attached hydrogens (tertiary/aromatic N) is 2.